The molecular formula is C16H16N2OS. The lowest BCUT2D eigenvalue weighted by molar-refractivity contribution is 0.102. The van der Waals surface area contributed by atoms with Gasteiger partial charge < -0.3 is 11.1 Å². The SMILES string of the molecule is Cc1ccc(C(=O)Nc2cccc(C(N)=S)c2)cc1C. The Hall–Kier alpha value is -2.20. The first kappa shape index (κ1) is 14.2. The molecule has 0 unspecified atom stereocenters. The number of amides is 1. The van der Waals surface area contributed by atoms with E-state index in [0.29, 0.717) is 16.2 Å². The first-order chi connectivity index (χ1) is 9.47. The van der Waals surface area contributed by atoms with Gasteiger partial charge in [0.1, 0.15) is 4.99 Å². The molecule has 0 fully saturated rings. The fraction of sp³-hybridized carbons (Fsp3) is 0.125. The van der Waals surface area contributed by atoms with Crippen molar-refractivity contribution < 1.29 is 4.79 Å². The van der Waals surface area contributed by atoms with Gasteiger partial charge in [-0.25, -0.2) is 0 Å². The number of aryl methyl sites for hydroxylation is 2. The molecule has 0 aliphatic heterocycles. The van der Waals surface area contributed by atoms with E-state index >= 15 is 0 Å². The van der Waals surface area contributed by atoms with Crippen molar-refractivity contribution in [2.45, 2.75) is 13.8 Å². The third-order valence-corrected chi connectivity index (χ3v) is 3.41. The molecule has 20 heavy (non-hydrogen) atoms. The molecule has 0 atom stereocenters. The van der Waals surface area contributed by atoms with Crippen LogP contribution in [0.1, 0.15) is 27.0 Å². The number of hydrogen-bond acceptors (Lipinski definition) is 2. The standard InChI is InChI=1S/C16H16N2OS/c1-10-6-7-13(8-11(10)2)16(19)18-14-5-3-4-12(9-14)15(17)20/h3-9H,1-2H3,(H2,17,20)(H,18,19). The minimum Gasteiger partial charge on any atom is -0.389 e. The Kier molecular flexibility index (Phi) is 4.15. The quantitative estimate of drug-likeness (QED) is 0.851. The minimum atomic E-state index is -0.145. The van der Waals surface area contributed by atoms with Crippen LogP contribution in [-0.2, 0) is 0 Å². The van der Waals surface area contributed by atoms with Gasteiger partial charge in [-0.05, 0) is 49.2 Å². The summed E-state index contributed by atoms with van der Waals surface area (Å²) in [5, 5.41) is 2.85. The van der Waals surface area contributed by atoms with Crippen LogP contribution in [0, 0.1) is 13.8 Å². The van der Waals surface area contributed by atoms with Crippen LogP contribution >= 0.6 is 12.2 Å². The summed E-state index contributed by atoms with van der Waals surface area (Å²) in [6, 6.07) is 12.8. The molecule has 1 amide bonds. The minimum absolute atomic E-state index is 0.145. The second-order valence-electron chi connectivity index (χ2n) is 4.70. The Bertz CT molecular complexity index is 680. The smallest absolute Gasteiger partial charge is 0.255 e. The molecule has 2 aromatic carbocycles. The maximum Gasteiger partial charge on any atom is 0.255 e. The van der Waals surface area contributed by atoms with Gasteiger partial charge >= 0.3 is 0 Å². The topological polar surface area (TPSA) is 55.1 Å². The zero-order valence-corrected chi connectivity index (χ0v) is 12.3. The van der Waals surface area contributed by atoms with Gasteiger partial charge in [-0.1, -0.05) is 30.4 Å². The molecule has 0 aliphatic rings. The van der Waals surface area contributed by atoms with Crippen molar-refractivity contribution in [3.63, 3.8) is 0 Å². The summed E-state index contributed by atoms with van der Waals surface area (Å²) in [4.78, 5) is 12.5. The molecule has 0 saturated carbocycles. The van der Waals surface area contributed by atoms with Crippen LogP contribution < -0.4 is 11.1 Å². The lowest BCUT2D eigenvalue weighted by Crippen LogP contribution is -2.14. The predicted molar refractivity (Wildman–Crippen MR) is 86.2 cm³/mol. The van der Waals surface area contributed by atoms with Gasteiger partial charge in [0.25, 0.3) is 5.91 Å². The van der Waals surface area contributed by atoms with Gasteiger partial charge in [-0.3, -0.25) is 4.79 Å². The number of rotatable bonds is 3. The molecule has 102 valence electrons. The van der Waals surface area contributed by atoms with E-state index in [2.05, 4.69) is 5.32 Å². The maximum absolute atomic E-state index is 12.2. The Balaban J connectivity index is 2.21. The second-order valence-corrected chi connectivity index (χ2v) is 5.14. The molecule has 3 nitrogen and oxygen atoms in total. The maximum atomic E-state index is 12.2. The molecule has 0 bridgehead atoms. The first-order valence-electron chi connectivity index (χ1n) is 6.26. The van der Waals surface area contributed by atoms with Crippen molar-refractivity contribution in [3.8, 4) is 0 Å². The van der Waals surface area contributed by atoms with E-state index in [1.165, 1.54) is 0 Å². The van der Waals surface area contributed by atoms with Gasteiger partial charge in [0.2, 0.25) is 0 Å². The molecule has 0 aromatic heterocycles. The number of thiocarbonyl (C=S) groups is 1. The molecular weight excluding hydrogens is 268 g/mol. The molecule has 4 heteroatoms. The number of carbonyl (C=O) groups is 1. The van der Waals surface area contributed by atoms with E-state index in [4.69, 9.17) is 18.0 Å². The van der Waals surface area contributed by atoms with Gasteiger partial charge in [0, 0.05) is 16.8 Å². The zero-order valence-electron chi connectivity index (χ0n) is 11.4. The summed E-state index contributed by atoms with van der Waals surface area (Å²) >= 11 is 4.93. The van der Waals surface area contributed by atoms with Crippen molar-refractivity contribution in [3.05, 3.63) is 64.7 Å². The lowest BCUT2D eigenvalue weighted by atomic mass is 10.1. The lowest BCUT2D eigenvalue weighted by Gasteiger charge is -2.08. The Morgan fingerprint density at radius 1 is 1.05 bits per heavy atom. The monoisotopic (exact) mass is 284 g/mol. The van der Waals surface area contributed by atoms with Crippen LogP contribution in [0.3, 0.4) is 0 Å². The Labute approximate surface area is 123 Å². The van der Waals surface area contributed by atoms with E-state index in [1.807, 2.05) is 44.2 Å². The number of nitrogens with one attached hydrogen (secondary N) is 1. The van der Waals surface area contributed by atoms with Gasteiger partial charge in [-0.15, -0.1) is 0 Å². The number of nitrogens with two attached hydrogens (primary N) is 1. The van der Waals surface area contributed by atoms with Crippen molar-refractivity contribution >= 4 is 28.8 Å². The largest absolute Gasteiger partial charge is 0.389 e. The summed E-state index contributed by atoms with van der Waals surface area (Å²) in [7, 11) is 0. The molecule has 0 radical (unpaired) electrons. The Morgan fingerprint density at radius 2 is 1.80 bits per heavy atom. The average Bonchev–Trinajstić information content (AvgIpc) is 2.42. The van der Waals surface area contributed by atoms with E-state index in [1.54, 1.807) is 12.1 Å². The Morgan fingerprint density at radius 3 is 2.45 bits per heavy atom. The van der Waals surface area contributed by atoms with Gasteiger partial charge in [-0.2, -0.15) is 0 Å². The molecule has 0 spiro atoms. The number of carbonyl (C=O) groups excluding carboxylic acids is 1. The number of benzene rings is 2. The summed E-state index contributed by atoms with van der Waals surface area (Å²) < 4.78 is 0. The van der Waals surface area contributed by atoms with Crippen molar-refractivity contribution in [1.82, 2.24) is 0 Å². The van der Waals surface area contributed by atoms with Crippen molar-refractivity contribution in [1.29, 1.82) is 0 Å². The fourth-order valence-corrected chi connectivity index (χ4v) is 1.96. The second kappa shape index (κ2) is 5.84. The number of hydrogen-bond donors (Lipinski definition) is 2. The summed E-state index contributed by atoms with van der Waals surface area (Å²) in [5.41, 5.74) is 9.88. The summed E-state index contributed by atoms with van der Waals surface area (Å²) in [6.07, 6.45) is 0. The number of anilines is 1. The van der Waals surface area contributed by atoms with Crippen LogP contribution in [0.2, 0.25) is 0 Å². The van der Waals surface area contributed by atoms with E-state index in [-0.39, 0.29) is 5.91 Å². The molecule has 0 aliphatic carbocycles. The highest BCUT2D eigenvalue weighted by atomic mass is 32.1. The van der Waals surface area contributed by atoms with E-state index in [0.717, 1.165) is 16.7 Å². The molecule has 0 saturated heterocycles. The third-order valence-electron chi connectivity index (χ3n) is 3.17. The van der Waals surface area contributed by atoms with Crippen molar-refractivity contribution in [2.75, 3.05) is 5.32 Å². The van der Waals surface area contributed by atoms with Crippen LogP contribution in [0.15, 0.2) is 42.5 Å². The zero-order chi connectivity index (χ0) is 14.7. The third kappa shape index (κ3) is 3.22. The van der Waals surface area contributed by atoms with E-state index < -0.39 is 0 Å². The average molecular weight is 284 g/mol. The van der Waals surface area contributed by atoms with Crippen LogP contribution in [0.5, 0.6) is 0 Å². The van der Waals surface area contributed by atoms with Crippen LogP contribution in [-0.4, -0.2) is 10.9 Å². The van der Waals surface area contributed by atoms with Gasteiger partial charge in [0.15, 0.2) is 0 Å². The molecule has 3 N–H and O–H groups in total. The summed E-state index contributed by atoms with van der Waals surface area (Å²) in [6.45, 7) is 4.00. The normalized spacial score (nSPS) is 10.1. The predicted octanol–water partition coefficient (Wildman–Crippen LogP) is 3.19. The van der Waals surface area contributed by atoms with Gasteiger partial charge in [0.05, 0.1) is 0 Å². The van der Waals surface area contributed by atoms with Crippen LogP contribution in [0.25, 0.3) is 0 Å². The fourth-order valence-electron chi connectivity index (χ4n) is 1.84. The molecule has 0 heterocycles. The highest BCUT2D eigenvalue weighted by molar-refractivity contribution is 7.80. The highest BCUT2D eigenvalue weighted by Gasteiger charge is 2.07. The van der Waals surface area contributed by atoms with Crippen LogP contribution in [0.4, 0.5) is 5.69 Å². The molecule has 2 aromatic rings. The highest BCUT2D eigenvalue weighted by Crippen LogP contribution is 2.14. The van der Waals surface area contributed by atoms with Crippen molar-refractivity contribution in [2.24, 2.45) is 5.73 Å². The summed E-state index contributed by atoms with van der Waals surface area (Å²) in [5.74, 6) is -0.145. The first-order valence-corrected chi connectivity index (χ1v) is 6.66. The molecule has 2 rings (SSSR count). The van der Waals surface area contributed by atoms with E-state index in [9.17, 15) is 4.79 Å².